The van der Waals surface area contributed by atoms with Gasteiger partial charge in [-0.25, -0.2) is 0 Å². The van der Waals surface area contributed by atoms with Gasteiger partial charge in [-0.1, -0.05) is 31.5 Å². The van der Waals surface area contributed by atoms with E-state index in [-0.39, 0.29) is 6.04 Å². The van der Waals surface area contributed by atoms with Crippen molar-refractivity contribution in [1.29, 1.82) is 0 Å². The normalized spacial score (nSPS) is 13.8. The van der Waals surface area contributed by atoms with Crippen LogP contribution in [0.25, 0.3) is 0 Å². The minimum Gasteiger partial charge on any atom is -0.303 e. The van der Waals surface area contributed by atoms with E-state index < -0.39 is 11.7 Å². The molecule has 1 aromatic rings. The van der Waals surface area contributed by atoms with Gasteiger partial charge in [0.05, 0.1) is 5.56 Å². The van der Waals surface area contributed by atoms with Gasteiger partial charge in [-0.15, -0.1) is 0 Å². The van der Waals surface area contributed by atoms with Gasteiger partial charge in [0.2, 0.25) is 0 Å². The zero-order chi connectivity index (χ0) is 14.5. The van der Waals surface area contributed by atoms with Crippen LogP contribution in [0.3, 0.4) is 0 Å². The smallest absolute Gasteiger partial charge is 0.303 e. The van der Waals surface area contributed by atoms with E-state index in [1.807, 2.05) is 7.05 Å². The first-order valence-corrected chi connectivity index (χ1v) is 6.71. The number of rotatable bonds is 6. The zero-order valence-corrected chi connectivity index (χ0v) is 11.8. The molecule has 0 saturated carbocycles. The molecule has 0 aliphatic carbocycles. The van der Waals surface area contributed by atoms with Crippen molar-refractivity contribution in [1.82, 2.24) is 4.90 Å². The molecule has 0 saturated heterocycles. The molecule has 0 aromatic heterocycles. The van der Waals surface area contributed by atoms with Crippen LogP contribution in [0.4, 0.5) is 13.2 Å². The second kappa shape index (κ2) is 6.94. The summed E-state index contributed by atoms with van der Waals surface area (Å²) in [5.41, 5.74) is 0.180. The van der Waals surface area contributed by atoms with Crippen LogP contribution in [-0.2, 0) is 12.6 Å². The van der Waals surface area contributed by atoms with Crippen molar-refractivity contribution >= 4 is 0 Å². The Labute approximate surface area is 113 Å². The average Bonchev–Trinajstić information content (AvgIpc) is 2.35. The Morgan fingerprint density at radius 1 is 1.26 bits per heavy atom. The van der Waals surface area contributed by atoms with Crippen LogP contribution in [0.5, 0.6) is 0 Å². The van der Waals surface area contributed by atoms with E-state index >= 15 is 0 Å². The lowest BCUT2D eigenvalue weighted by Gasteiger charge is -2.24. The Bertz CT molecular complexity index is 387. The molecule has 1 nitrogen and oxygen atoms in total. The number of unbranched alkanes of at least 4 members (excludes halogenated alkanes) is 1. The summed E-state index contributed by atoms with van der Waals surface area (Å²) in [4.78, 5) is 2.20. The van der Waals surface area contributed by atoms with Gasteiger partial charge in [-0.2, -0.15) is 13.2 Å². The molecule has 4 heteroatoms. The number of likely N-dealkylation sites (N-methyl/N-ethyl adjacent to an activating group) is 1. The van der Waals surface area contributed by atoms with Crippen molar-refractivity contribution in [3.63, 3.8) is 0 Å². The molecular formula is C15H22F3N. The number of nitrogens with zero attached hydrogens (tertiary/aromatic N) is 1. The van der Waals surface area contributed by atoms with E-state index in [0.29, 0.717) is 6.42 Å². The molecular weight excluding hydrogens is 251 g/mol. The van der Waals surface area contributed by atoms with E-state index in [1.165, 1.54) is 12.1 Å². The lowest BCUT2D eigenvalue weighted by molar-refractivity contribution is -0.137. The highest BCUT2D eigenvalue weighted by Gasteiger charge is 2.30. The third-order valence-electron chi connectivity index (χ3n) is 3.40. The predicted molar refractivity (Wildman–Crippen MR) is 72.1 cm³/mol. The average molecular weight is 273 g/mol. The molecule has 0 fully saturated rings. The van der Waals surface area contributed by atoms with Gasteiger partial charge < -0.3 is 4.90 Å². The zero-order valence-electron chi connectivity index (χ0n) is 11.8. The fraction of sp³-hybridized carbons (Fsp3) is 0.600. The maximum absolute atomic E-state index is 12.6. The van der Waals surface area contributed by atoms with Crippen molar-refractivity contribution < 1.29 is 13.2 Å². The molecule has 1 unspecified atom stereocenters. The largest absolute Gasteiger partial charge is 0.416 e. The Hall–Kier alpha value is -1.03. The van der Waals surface area contributed by atoms with Crippen molar-refractivity contribution in [3.05, 3.63) is 35.4 Å². The molecule has 19 heavy (non-hydrogen) atoms. The number of benzene rings is 1. The number of hydrogen-bond donors (Lipinski definition) is 0. The summed E-state index contributed by atoms with van der Waals surface area (Å²) in [5.74, 6) is 0. The molecule has 0 aliphatic rings. The Kier molecular flexibility index (Phi) is 5.85. The number of halogens is 3. The van der Waals surface area contributed by atoms with Crippen molar-refractivity contribution in [2.24, 2.45) is 0 Å². The molecule has 1 atom stereocenters. The van der Waals surface area contributed by atoms with E-state index in [9.17, 15) is 13.2 Å². The fourth-order valence-electron chi connectivity index (χ4n) is 2.00. The summed E-state index contributed by atoms with van der Waals surface area (Å²) < 4.78 is 37.9. The minimum absolute atomic E-state index is 0.245. The van der Waals surface area contributed by atoms with Crippen LogP contribution in [-0.4, -0.2) is 24.5 Å². The van der Waals surface area contributed by atoms with Crippen molar-refractivity contribution in [2.75, 3.05) is 13.6 Å². The van der Waals surface area contributed by atoms with Gasteiger partial charge in [-0.3, -0.25) is 0 Å². The van der Waals surface area contributed by atoms with Gasteiger partial charge in [0.1, 0.15) is 0 Å². The summed E-state index contributed by atoms with van der Waals surface area (Å²) in [6.07, 6.45) is -1.37. The first-order chi connectivity index (χ1) is 8.84. The number of alkyl halides is 3. The first-order valence-electron chi connectivity index (χ1n) is 6.71. The highest BCUT2D eigenvalue weighted by atomic mass is 19.4. The highest BCUT2D eigenvalue weighted by Crippen LogP contribution is 2.29. The molecule has 0 spiro atoms. The summed E-state index contributed by atoms with van der Waals surface area (Å²) in [6.45, 7) is 5.16. The molecule has 0 N–H and O–H groups in total. The SMILES string of the molecule is CCCCN(C)C(C)Cc1cccc(C(F)(F)F)c1. The molecule has 1 rings (SSSR count). The van der Waals surface area contributed by atoms with Gasteiger partial charge >= 0.3 is 6.18 Å². The van der Waals surface area contributed by atoms with E-state index in [0.717, 1.165) is 31.0 Å². The minimum atomic E-state index is -4.26. The van der Waals surface area contributed by atoms with Crippen LogP contribution >= 0.6 is 0 Å². The van der Waals surface area contributed by atoms with Gasteiger partial charge in [0, 0.05) is 6.04 Å². The molecule has 0 radical (unpaired) electrons. The van der Waals surface area contributed by atoms with Crippen LogP contribution < -0.4 is 0 Å². The van der Waals surface area contributed by atoms with E-state index in [2.05, 4.69) is 18.7 Å². The van der Waals surface area contributed by atoms with Crippen molar-refractivity contribution in [2.45, 2.75) is 45.3 Å². The van der Waals surface area contributed by atoms with Crippen LogP contribution in [0.1, 0.15) is 37.8 Å². The third kappa shape index (κ3) is 5.23. The van der Waals surface area contributed by atoms with Gasteiger partial charge in [-0.05, 0) is 45.0 Å². The highest BCUT2D eigenvalue weighted by molar-refractivity contribution is 5.26. The quantitative estimate of drug-likeness (QED) is 0.744. The summed E-state index contributed by atoms with van der Waals surface area (Å²) in [5, 5.41) is 0. The maximum atomic E-state index is 12.6. The Morgan fingerprint density at radius 2 is 1.95 bits per heavy atom. The fourth-order valence-corrected chi connectivity index (χ4v) is 2.00. The lowest BCUT2D eigenvalue weighted by Crippen LogP contribution is -2.31. The summed E-state index contributed by atoms with van der Waals surface area (Å²) in [7, 11) is 2.02. The molecule has 108 valence electrons. The topological polar surface area (TPSA) is 3.24 Å². The second-order valence-electron chi connectivity index (χ2n) is 5.09. The van der Waals surface area contributed by atoms with Crippen LogP contribution in [0.15, 0.2) is 24.3 Å². The monoisotopic (exact) mass is 273 g/mol. The van der Waals surface area contributed by atoms with E-state index in [4.69, 9.17) is 0 Å². The first kappa shape index (κ1) is 16.0. The molecule has 0 heterocycles. The van der Waals surface area contributed by atoms with Crippen molar-refractivity contribution in [3.8, 4) is 0 Å². The maximum Gasteiger partial charge on any atom is 0.416 e. The van der Waals surface area contributed by atoms with Gasteiger partial charge in [0.15, 0.2) is 0 Å². The molecule has 0 aliphatic heterocycles. The molecule has 0 bridgehead atoms. The second-order valence-corrected chi connectivity index (χ2v) is 5.09. The molecule has 0 amide bonds. The molecule has 1 aromatic carbocycles. The third-order valence-corrected chi connectivity index (χ3v) is 3.40. The number of hydrogen-bond acceptors (Lipinski definition) is 1. The van der Waals surface area contributed by atoms with E-state index in [1.54, 1.807) is 6.07 Å². The Morgan fingerprint density at radius 3 is 2.53 bits per heavy atom. The summed E-state index contributed by atoms with van der Waals surface area (Å²) >= 11 is 0. The lowest BCUT2D eigenvalue weighted by atomic mass is 10.0. The van der Waals surface area contributed by atoms with Gasteiger partial charge in [0.25, 0.3) is 0 Å². The van der Waals surface area contributed by atoms with Crippen LogP contribution in [0.2, 0.25) is 0 Å². The summed E-state index contributed by atoms with van der Waals surface area (Å²) in [6, 6.07) is 5.87. The standard InChI is InChI=1S/C15H22F3N/c1-4-5-9-19(3)12(2)10-13-7-6-8-14(11-13)15(16,17)18/h6-8,11-12H,4-5,9-10H2,1-3H3. The predicted octanol–water partition coefficient (Wildman–Crippen LogP) is 4.37. The van der Waals surface area contributed by atoms with Crippen LogP contribution in [0, 0.1) is 0 Å². The Balaban J connectivity index is 2.66.